The van der Waals surface area contributed by atoms with Gasteiger partial charge in [-0.15, -0.1) is 0 Å². The molecule has 0 saturated heterocycles. The highest BCUT2D eigenvalue weighted by Crippen LogP contribution is 2.38. The summed E-state index contributed by atoms with van der Waals surface area (Å²) in [6.45, 7) is 0. The van der Waals surface area contributed by atoms with Gasteiger partial charge in [-0.25, -0.2) is 0 Å². The van der Waals surface area contributed by atoms with Gasteiger partial charge in [0.25, 0.3) is 0 Å². The Kier molecular flexibility index (Phi) is 6.09. The lowest BCUT2D eigenvalue weighted by molar-refractivity contribution is 0.324. The van der Waals surface area contributed by atoms with Crippen molar-refractivity contribution in [2.24, 2.45) is 0 Å². The van der Waals surface area contributed by atoms with Crippen LogP contribution in [0.4, 0.5) is 5.69 Å². The van der Waals surface area contributed by atoms with E-state index >= 15 is 0 Å². The lowest BCUT2D eigenvalue weighted by Crippen LogP contribution is -1.99. The summed E-state index contributed by atoms with van der Waals surface area (Å²) in [6.07, 6.45) is 2.16. The van der Waals surface area contributed by atoms with Crippen molar-refractivity contribution >= 4 is 5.69 Å². The Morgan fingerprint density at radius 2 is 1.67 bits per heavy atom. The van der Waals surface area contributed by atoms with Gasteiger partial charge in [-0.05, 0) is 29.8 Å². The van der Waals surface area contributed by atoms with Crippen LogP contribution < -0.4 is 19.5 Å². The van der Waals surface area contributed by atoms with Crippen LogP contribution in [0.15, 0.2) is 54.2 Å². The summed E-state index contributed by atoms with van der Waals surface area (Å²) in [7, 11) is 4.70. The molecule has 5 nitrogen and oxygen atoms in total. The largest absolute Gasteiger partial charge is 0.493 e. The summed E-state index contributed by atoms with van der Waals surface area (Å²) in [6, 6.07) is 15.6. The highest BCUT2D eigenvalue weighted by molar-refractivity contribution is 5.55. The van der Waals surface area contributed by atoms with Gasteiger partial charge < -0.3 is 19.5 Å². The molecular formula is C19H20N2O3. The standard InChI is InChI=1S/C19H20N2O3/c1-22-17-10-14(11-18(23-2)19(17)24-3)9-15(12-20)13-21-16-7-5-4-6-8-16/h4-8,10-11,13,21H,9H2,1-3H3/b15-13-. The number of allylic oxidation sites excluding steroid dienone is 1. The first-order chi connectivity index (χ1) is 11.7. The van der Waals surface area contributed by atoms with Gasteiger partial charge in [-0.2, -0.15) is 5.26 Å². The first kappa shape index (κ1) is 17.2. The van der Waals surface area contributed by atoms with E-state index in [1.807, 2.05) is 42.5 Å². The van der Waals surface area contributed by atoms with Crippen LogP contribution in [0.2, 0.25) is 0 Å². The second kappa shape index (κ2) is 8.49. The quantitative estimate of drug-likeness (QED) is 0.785. The minimum Gasteiger partial charge on any atom is -0.493 e. The zero-order valence-electron chi connectivity index (χ0n) is 14.0. The molecule has 0 aliphatic heterocycles. The molecule has 0 unspecified atom stereocenters. The molecule has 0 aliphatic rings. The molecule has 0 saturated carbocycles. The second-order valence-corrected chi connectivity index (χ2v) is 5.00. The van der Waals surface area contributed by atoms with E-state index in [0.29, 0.717) is 29.2 Å². The van der Waals surface area contributed by atoms with Crippen LogP contribution >= 0.6 is 0 Å². The molecule has 5 heteroatoms. The Hall–Kier alpha value is -3.13. The molecule has 0 spiro atoms. The first-order valence-corrected chi connectivity index (χ1v) is 7.41. The summed E-state index contributed by atoms with van der Waals surface area (Å²) in [4.78, 5) is 0. The highest BCUT2D eigenvalue weighted by atomic mass is 16.5. The van der Waals surface area contributed by atoms with Crippen LogP contribution in [-0.2, 0) is 6.42 Å². The average Bonchev–Trinajstić information content (AvgIpc) is 2.64. The van der Waals surface area contributed by atoms with Crippen molar-refractivity contribution < 1.29 is 14.2 Å². The number of rotatable bonds is 7. The molecular weight excluding hydrogens is 304 g/mol. The van der Waals surface area contributed by atoms with Gasteiger partial charge in [0.1, 0.15) is 0 Å². The van der Waals surface area contributed by atoms with Crippen LogP contribution in [0.25, 0.3) is 0 Å². The molecule has 0 fully saturated rings. The number of nitriles is 1. The van der Waals surface area contributed by atoms with E-state index in [9.17, 15) is 5.26 Å². The van der Waals surface area contributed by atoms with Gasteiger partial charge in [0, 0.05) is 23.9 Å². The number of nitrogens with one attached hydrogen (secondary N) is 1. The van der Waals surface area contributed by atoms with Gasteiger partial charge in [-0.3, -0.25) is 0 Å². The molecule has 1 N–H and O–H groups in total. The molecule has 24 heavy (non-hydrogen) atoms. The summed E-state index contributed by atoms with van der Waals surface area (Å²) in [5.41, 5.74) is 2.41. The average molecular weight is 324 g/mol. The summed E-state index contributed by atoms with van der Waals surface area (Å²) in [5.74, 6) is 1.67. The minimum absolute atomic E-state index is 0.451. The molecule has 2 aromatic rings. The molecule has 124 valence electrons. The Morgan fingerprint density at radius 1 is 1.04 bits per heavy atom. The summed E-state index contributed by atoms with van der Waals surface area (Å²) < 4.78 is 16.0. The number of nitrogens with zero attached hydrogens (tertiary/aromatic N) is 1. The Bertz CT molecular complexity index is 724. The van der Waals surface area contributed by atoms with Crippen LogP contribution in [0.1, 0.15) is 5.56 Å². The summed E-state index contributed by atoms with van der Waals surface area (Å²) >= 11 is 0. The Labute approximate surface area is 142 Å². The lowest BCUT2D eigenvalue weighted by atomic mass is 10.1. The Balaban J connectivity index is 2.23. The normalized spacial score (nSPS) is 10.7. The number of methoxy groups -OCH3 is 3. The fourth-order valence-corrected chi connectivity index (χ4v) is 2.29. The van der Waals surface area contributed by atoms with E-state index in [1.165, 1.54) is 0 Å². The molecule has 0 heterocycles. The lowest BCUT2D eigenvalue weighted by Gasteiger charge is -2.14. The van der Waals surface area contributed by atoms with Crippen LogP contribution in [0.3, 0.4) is 0 Å². The predicted octanol–water partition coefficient (Wildman–Crippen LogP) is 3.77. The van der Waals surface area contributed by atoms with E-state index in [2.05, 4.69) is 11.4 Å². The third-order valence-corrected chi connectivity index (χ3v) is 3.45. The fourth-order valence-electron chi connectivity index (χ4n) is 2.29. The number of para-hydroxylation sites is 1. The maximum absolute atomic E-state index is 9.37. The number of hydrogen-bond acceptors (Lipinski definition) is 5. The molecule has 0 amide bonds. The maximum atomic E-state index is 9.37. The number of anilines is 1. The predicted molar refractivity (Wildman–Crippen MR) is 93.6 cm³/mol. The second-order valence-electron chi connectivity index (χ2n) is 5.00. The topological polar surface area (TPSA) is 63.5 Å². The van der Waals surface area contributed by atoms with Crippen LogP contribution in [0.5, 0.6) is 17.2 Å². The Morgan fingerprint density at radius 3 is 2.17 bits per heavy atom. The maximum Gasteiger partial charge on any atom is 0.203 e. The molecule has 0 radical (unpaired) electrons. The zero-order chi connectivity index (χ0) is 17.4. The van der Waals surface area contributed by atoms with E-state index in [1.54, 1.807) is 27.5 Å². The van der Waals surface area contributed by atoms with Gasteiger partial charge in [0.2, 0.25) is 5.75 Å². The van der Waals surface area contributed by atoms with Gasteiger partial charge in [-0.1, -0.05) is 18.2 Å². The summed E-state index contributed by atoms with van der Waals surface area (Å²) in [5, 5.41) is 12.5. The number of hydrogen-bond donors (Lipinski definition) is 1. The number of benzene rings is 2. The smallest absolute Gasteiger partial charge is 0.203 e. The van der Waals surface area contributed by atoms with Crippen molar-refractivity contribution in [1.82, 2.24) is 0 Å². The monoisotopic (exact) mass is 324 g/mol. The zero-order valence-corrected chi connectivity index (χ0v) is 14.0. The van der Waals surface area contributed by atoms with Crippen molar-refractivity contribution in [3.8, 4) is 23.3 Å². The van der Waals surface area contributed by atoms with Crippen molar-refractivity contribution in [3.05, 3.63) is 59.8 Å². The number of ether oxygens (including phenoxy) is 3. The molecule has 0 aromatic heterocycles. The van der Waals surface area contributed by atoms with Crippen molar-refractivity contribution in [2.75, 3.05) is 26.6 Å². The van der Waals surface area contributed by atoms with Crippen LogP contribution in [-0.4, -0.2) is 21.3 Å². The molecule has 0 aliphatic carbocycles. The van der Waals surface area contributed by atoms with Gasteiger partial charge in [0.15, 0.2) is 11.5 Å². The highest BCUT2D eigenvalue weighted by Gasteiger charge is 2.13. The SMILES string of the molecule is COc1cc(C/C(C#N)=C/Nc2ccccc2)cc(OC)c1OC. The van der Waals surface area contributed by atoms with Crippen molar-refractivity contribution in [2.45, 2.75) is 6.42 Å². The van der Waals surface area contributed by atoms with Gasteiger partial charge in [0.05, 0.1) is 27.4 Å². The fraction of sp³-hybridized carbons (Fsp3) is 0.211. The molecule has 2 rings (SSSR count). The third-order valence-electron chi connectivity index (χ3n) is 3.45. The van der Waals surface area contributed by atoms with Gasteiger partial charge >= 0.3 is 0 Å². The van der Waals surface area contributed by atoms with Crippen molar-refractivity contribution in [1.29, 1.82) is 5.26 Å². The van der Waals surface area contributed by atoms with Crippen LogP contribution in [0, 0.1) is 11.3 Å². The molecule has 0 atom stereocenters. The minimum atomic E-state index is 0.451. The van der Waals surface area contributed by atoms with E-state index in [0.717, 1.165) is 11.3 Å². The van der Waals surface area contributed by atoms with E-state index in [-0.39, 0.29) is 0 Å². The van der Waals surface area contributed by atoms with Crippen molar-refractivity contribution in [3.63, 3.8) is 0 Å². The van der Waals surface area contributed by atoms with E-state index in [4.69, 9.17) is 14.2 Å². The molecule has 2 aromatic carbocycles. The first-order valence-electron chi connectivity index (χ1n) is 7.41. The third kappa shape index (κ3) is 4.20. The molecule has 0 bridgehead atoms. The van der Waals surface area contributed by atoms with E-state index < -0.39 is 0 Å².